The van der Waals surface area contributed by atoms with Crippen molar-refractivity contribution in [1.82, 2.24) is 10.3 Å². The van der Waals surface area contributed by atoms with E-state index in [1.54, 1.807) is 11.3 Å². The number of rotatable bonds is 6. The quantitative estimate of drug-likeness (QED) is 0.784. The largest absolute Gasteiger partial charge is 0.326 e. The number of nitrogens with two attached hydrogens (primary N) is 1. The van der Waals surface area contributed by atoms with Crippen LogP contribution in [0, 0.1) is 6.92 Å². The number of aromatic nitrogens is 1. The van der Waals surface area contributed by atoms with Gasteiger partial charge in [-0.2, -0.15) is 0 Å². The topological polar surface area (TPSA) is 50.9 Å². The molecule has 0 unspecified atom stereocenters. The van der Waals surface area contributed by atoms with Crippen LogP contribution in [0.15, 0.2) is 29.6 Å². The Balaban J connectivity index is 1.71. The highest BCUT2D eigenvalue weighted by atomic mass is 32.1. The van der Waals surface area contributed by atoms with Crippen molar-refractivity contribution < 1.29 is 0 Å². The maximum Gasteiger partial charge on any atom is 0.0940 e. The van der Waals surface area contributed by atoms with E-state index in [9.17, 15) is 0 Å². The first-order valence-corrected chi connectivity index (χ1v) is 7.05. The molecule has 0 amide bonds. The molecule has 4 heteroatoms. The van der Waals surface area contributed by atoms with Crippen LogP contribution in [-0.4, -0.2) is 11.5 Å². The van der Waals surface area contributed by atoms with Crippen LogP contribution in [0.3, 0.4) is 0 Å². The van der Waals surface area contributed by atoms with Gasteiger partial charge < -0.3 is 11.1 Å². The monoisotopic (exact) mass is 261 g/mol. The summed E-state index contributed by atoms with van der Waals surface area (Å²) in [5.74, 6) is 0. The number of aryl methyl sites for hydroxylation is 1. The van der Waals surface area contributed by atoms with Gasteiger partial charge in [-0.1, -0.05) is 24.3 Å². The number of benzene rings is 1. The second-order valence-electron chi connectivity index (χ2n) is 4.33. The Labute approximate surface area is 112 Å². The molecule has 18 heavy (non-hydrogen) atoms. The molecule has 0 radical (unpaired) electrons. The number of nitrogens with one attached hydrogen (secondary N) is 1. The molecule has 0 saturated heterocycles. The van der Waals surface area contributed by atoms with Crippen LogP contribution < -0.4 is 11.1 Å². The summed E-state index contributed by atoms with van der Waals surface area (Å²) in [5.41, 5.74) is 9.16. The third-order valence-electron chi connectivity index (χ3n) is 2.77. The second kappa shape index (κ2) is 6.64. The van der Waals surface area contributed by atoms with Gasteiger partial charge in [0.05, 0.1) is 5.01 Å². The summed E-state index contributed by atoms with van der Waals surface area (Å²) >= 11 is 1.74. The lowest BCUT2D eigenvalue weighted by molar-refractivity contribution is 0.684. The predicted octanol–water partition coefficient (Wildman–Crippen LogP) is 2.24. The molecule has 3 nitrogen and oxygen atoms in total. The van der Waals surface area contributed by atoms with Crippen molar-refractivity contribution in [2.75, 3.05) is 6.54 Å². The van der Waals surface area contributed by atoms with Crippen molar-refractivity contribution in [3.63, 3.8) is 0 Å². The van der Waals surface area contributed by atoms with E-state index in [2.05, 4.69) is 39.9 Å². The zero-order valence-corrected chi connectivity index (χ0v) is 11.5. The minimum Gasteiger partial charge on any atom is -0.326 e. The standard InChI is InChI=1S/C14H19N3S/c1-11-10-18-14(17-11)6-7-16-9-13-4-2-12(8-15)3-5-13/h2-5,10,16H,6-9,15H2,1H3. The zero-order chi connectivity index (χ0) is 12.8. The number of hydrogen-bond acceptors (Lipinski definition) is 4. The van der Waals surface area contributed by atoms with Crippen molar-refractivity contribution in [2.45, 2.75) is 26.4 Å². The minimum absolute atomic E-state index is 0.608. The molecule has 0 aliphatic carbocycles. The summed E-state index contributed by atoms with van der Waals surface area (Å²) < 4.78 is 0. The van der Waals surface area contributed by atoms with Gasteiger partial charge in [-0.25, -0.2) is 4.98 Å². The lowest BCUT2D eigenvalue weighted by Gasteiger charge is -2.04. The Morgan fingerprint density at radius 1 is 1.22 bits per heavy atom. The molecule has 2 rings (SSSR count). The van der Waals surface area contributed by atoms with E-state index in [-0.39, 0.29) is 0 Å². The van der Waals surface area contributed by atoms with E-state index in [1.165, 1.54) is 16.1 Å². The molecule has 3 N–H and O–H groups in total. The van der Waals surface area contributed by atoms with Crippen molar-refractivity contribution in [1.29, 1.82) is 0 Å². The zero-order valence-electron chi connectivity index (χ0n) is 10.6. The summed E-state index contributed by atoms with van der Waals surface area (Å²) in [6.07, 6.45) is 0.999. The van der Waals surface area contributed by atoms with E-state index < -0.39 is 0 Å². The highest BCUT2D eigenvalue weighted by Gasteiger charge is 1.98. The summed E-state index contributed by atoms with van der Waals surface area (Å²) in [5, 5.41) is 6.74. The third kappa shape index (κ3) is 3.91. The van der Waals surface area contributed by atoms with Gasteiger partial charge in [-0.05, 0) is 18.1 Å². The average molecular weight is 261 g/mol. The maximum absolute atomic E-state index is 5.57. The molecule has 1 aromatic carbocycles. The summed E-state index contributed by atoms with van der Waals surface area (Å²) in [6, 6.07) is 8.42. The molecule has 0 saturated carbocycles. The highest BCUT2D eigenvalue weighted by molar-refractivity contribution is 7.09. The Kier molecular flexibility index (Phi) is 4.87. The fourth-order valence-electron chi connectivity index (χ4n) is 1.74. The van der Waals surface area contributed by atoms with Gasteiger partial charge in [0.2, 0.25) is 0 Å². The van der Waals surface area contributed by atoms with Crippen LogP contribution >= 0.6 is 11.3 Å². The van der Waals surface area contributed by atoms with Crippen molar-refractivity contribution in [3.8, 4) is 0 Å². The van der Waals surface area contributed by atoms with Gasteiger partial charge in [0, 0.05) is 37.1 Å². The Morgan fingerprint density at radius 3 is 2.56 bits per heavy atom. The molecule has 1 heterocycles. The van der Waals surface area contributed by atoms with Gasteiger partial charge in [0.1, 0.15) is 0 Å². The molecule has 96 valence electrons. The fourth-order valence-corrected chi connectivity index (χ4v) is 2.51. The Morgan fingerprint density at radius 2 is 1.94 bits per heavy atom. The third-order valence-corrected chi connectivity index (χ3v) is 3.80. The average Bonchev–Trinajstić information content (AvgIpc) is 2.81. The fraction of sp³-hybridized carbons (Fsp3) is 0.357. The van der Waals surface area contributed by atoms with Crippen LogP contribution in [0.25, 0.3) is 0 Å². The first-order chi connectivity index (χ1) is 8.78. The lowest BCUT2D eigenvalue weighted by atomic mass is 10.1. The first-order valence-electron chi connectivity index (χ1n) is 6.17. The summed E-state index contributed by atoms with van der Waals surface area (Å²) in [6.45, 7) is 4.50. The molecule has 0 aliphatic heterocycles. The van der Waals surface area contributed by atoms with E-state index in [0.717, 1.165) is 25.2 Å². The van der Waals surface area contributed by atoms with E-state index >= 15 is 0 Å². The van der Waals surface area contributed by atoms with Crippen molar-refractivity contribution in [2.24, 2.45) is 5.73 Å². The van der Waals surface area contributed by atoms with Crippen LogP contribution in [0.5, 0.6) is 0 Å². The maximum atomic E-state index is 5.57. The predicted molar refractivity (Wildman–Crippen MR) is 76.6 cm³/mol. The van der Waals surface area contributed by atoms with Gasteiger partial charge >= 0.3 is 0 Å². The van der Waals surface area contributed by atoms with E-state index in [0.29, 0.717) is 6.54 Å². The number of hydrogen-bond donors (Lipinski definition) is 2. The molecule has 0 bridgehead atoms. The molecule has 0 atom stereocenters. The number of thiazole rings is 1. The molecular formula is C14H19N3S. The van der Waals surface area contributed by atoms with Gasteiger partial charge in [0.25, 0.3) is 0 Å². The minimum atomic E-state index is 0.608. The van der Waals surface area contributed by atoms with Crippen LogP contribution in [0.1, 0.15) is 21.8 Å². The number of nitrogens with zero attached hydrogens (tertiary/aromatic N) is 1. The Hall–Kier alpha value is -1.23. The highest BCUT2D eigenvalue weighted by Crippen LogP contribution is 2.08. The molecule has 2 aromatic rings. The first kappa shape index (κ1) is 13.2. The van der Waals surface area contributed by atoms with Crippen LogP contribution in [0.4, 0.5) is 0 Å². The SMILES string of the molecule is Cc1csc(CCNCc2ccc(CN)cc2)n1. The van der Waals surface area contributed by atoms with Crippen molar-refractivity contribution in [3.05, 3.63) is 51.5 Å². The second-order valence-corrected chi connectivity index (χ2v) is 5.27. The molecule has 0 fully saturated rings. The molecule has 0 aliphatic rings. The van der Waals surface area contributed by atoms with Gasteiger partial charge in [-0.15, -0.1) is 11.3 Å². The van der Waals surface area contributed by atoms with Crippen LogP contribution in [-0.2, 0) is 19.5 Å². The summed E-state index contributed by atoms with van der Waals surface area (Å²) in [7, 11) is 0. The smallest absolute Gasteiger partial charge is 0.0940 e. The summed E-state index contributed by atoms with van der Waals surface area (Å²) in [4.78, 5) is 4.44. The van der Waals surface area contributed by atoms with Gasteiger partial charge in [-0.3, -0.25) is 0 Å². The van der Waals surface area contributed by atoms with Crippen LogP contribution in [0.2, 0.25) is 0 Å². The normalized spacial score (nSPS) is 10.8. The molecule has 1 aromatic heterocycles. The van der Waals surface area contributed by atoms with Gasteiger partial charge in [0.15, 0.2) is 0 Å². The Bertz CT molecular complexity index is 476. The molecular weight excluding hydrogens is 242 g/mol. The lowest BCUT2D eigenvalue weighted by Crippen LogP contribution is -2.16. The molecule has 0 spiro atoms. The van der Waals surface area contributed by atoms with Crippen molar-refractivity contribution >= 4 is 11.3 Å². The van der Waals surface area contributed by atoms with E-state index in [4.69, 9.17) is 5.73 Å². The van der Waals surface area contributed by atoms with E-state index in [1.807, 2.05) is 6.92 Å².